The Bertz CT molecular complexity index is 1590. The summed E-state index contributed by atoms with van der Waals surface area (Å²) in [4.78, 5) is 42.0. The third kappa shape index (κ3) is 8.16. The molecular weight excluding hydrogens is 623 g/mol. The van der Waals surface area contributed by atoms with Gasteiger partial charge in [-0.1, -0.05) is 81.4 Å². The van der Waals surface area contributed by atoms with Crippen molar-refractivity contribution in [2.45, 2.75) is 33.6 Å². The maximum Gasteiger partial charge on any atom is 0.407 e. The van der Waals surface area contributed by atoms with Crippen molar-refractivity contribution in [1.29, 1.82) is 0 Å². The molecule has 2 atom stereocenters. The number of nitrogens with zero attached hydrogens (tertiary/aromatic N) is 3. The fraction of sp³-hybridized carbons (Fsp3) is 0.303. The van der Waals surface area contributed by atoms with E-state index < -0.39 is 20.1 Å². The topological polar surface area (TPSA) is 136 Å². The van der Waals surface area contributed by atoms with E-state index in [4.69, 9.17) is 9.16 Å². The van der Waals surface area contributed by atoms with Gasteiger partial charge in [0.1, 0.15) is 18.5 Å². The fourth-order valence-corrected chi connectivity index (χ4v) is 7.94. The lowest BCUT2D eigenvalue weighted by molar-refractivity contribution is -0.384. The second-order valence-corrected chi connectivity index (χ2v) is 14.8. The number of carbonyl (C=O) groups excluding carboxylic acids is 2. The Balaban J connectivity index is 1.15. The number of alkyl carbamates (subject to hydrolysis) is 1. The van der Waals surface area contributed by atoms with Gasteiger partial charge in [0, 0.05) is 43.1 Å². The molecule has 0 aliphatic carbocycles. The molecule has 1 aromatic heterocycles. The van der Waals surface area contributed by atoms with Crippen LogP contribution in [0.4, 0.5) is 15.6 Å². The summed E-state index contributed by atoms with van der Waals surface area (Å²) < 4.78 is 12.2. The van der Waals surface area contributed by atoms with E-state index in [1.807, 2.05) is 36.4 Å². The van der Waals surface area contributed by atoms with Crippen molar-refractivity contribution in [2.75, 3.05) is 24.5 Å². The number of benzene rings is 3. The van der Waals surface area contributed by atoms with E-state index >= 15 is 0 Å². The van der Waals surface area contributed by atoms with Crippen LogP contribution in [0.25, 0.3) is 0 Å². The Hall–Kier alpha value is -4.59. The van der Waals surface area contributed by atoms with E-state index in [2.05, 4.69) is 65.6 Å². The number of ether oxygens (including phenoxy) is 1. The minimum absolute atomic E-state index is 0.00891. The second-order valence-electron chi connectivity index (χ2n) is 11.9. The van der Waals surface area contributed by atoms with Crippen LogP contribution >= 0.6 is 11.3 Å². The Kier molecular flexibility index (Phi) is 10.5. The second kappa shape index (κ2) is 14.7. The molecule has 3 aromatic carbocycles. The Labute approximate surface area is 273 Å². The summed E-state index contributed by atoms with van der Waals surface area (Å²) in [6.45, 7) is 7.75. The van der Waals surface area contributed by atoms with Gasteiger partial charge < -0.3 is 24.7 Å². The number of nitrogens with one attached hydrogen (secondary N) is 2. The van der Waals surface area contributed by atoms with Gasteiger partial charge in [-0.25, -0.2) is 9.78 Å². The molecule has 13 heteroatoms. The largest absolute Gasteiger partial charge is 0.445 e. The molecule has 1 saturated heterocycles. The normalized spacial score (nSPS) is 16.0. The first-order chi connectivity index (χ1) is 22.1. The number of carbonyl (C=O) groups is 2. The van der Waals surface area contributed by atoms with Gasteiger partial charge in [0.25, 0.3) is 20.6 Å². The molecule has 2 heterocycles. The van der Waals surface area contributed by atoms with Crippen LogP contribution in [0.3, 0.4) is 0 Å². The van der Waals surface area contributed by atoms with Gasteiger partial charge in [0.2, 0.25) is 0 Å². The summed E-state index contributed by atoms with van der Waals surface area (Å²) in [5, 5.41) is 20.9. The van der Waals surface area contributed by atoms with E-state index in [-0.39, 0.29) is 48.9 Å². The van der Waals surface area contributed by atoms with Crippen LogP contribution in [0.5, 0.6) is 0 Å². The maximum atomic E-state index is 12.9. The SMILES string of the molecule is CC(C)(C)C1CN(c2nc(C(=O)NCCNC(=O)OCc3ccc([N+](=O)[O-])cc3)cs2)C1O[Si](c1ccccc1)c1ccccc1. The average Bonchev–Trinajstić information content (AvgIpc) is 3.52. The molecule has 2 amide bonds. The summed E-state index contributed by atoms with van der Waals surface area (Å²) >= 11 is 1.41. The highest BCUT2D eigenvalue weighted by Gasteiger charge is 2.48. The van der Waals surface area contributed by atoms with Crippen molar-refractivity contribution < 1.29 is 23.7 Å². The third-order valence-corrected chi connectivity index (χ3v) is 10.7. The van der Waals surface area contributed by atoms with Crippen LogP contribution < -0.4 is 25.9 Å². The number of non-ortho nitro benzene ring substituents is 1. The fourth-order valence-electron chi connectivity index (χ4n) is 4.97. The van der Waals surface area contributed by atoms with E-state index in [0.717, 1.165) is 11.7 Å². The van der Waals surface area contributed by atoms with Crippen LogP contribution in [0.15, 0.2) is 90.3 Å². The molecule has 4 aromatic rings. The Morgan fingerprint density at radius 3 is 2.17 bits per heavy atom. The molecule has 0 spiro atoms. The smallest absolute Gasteiger partial charge is 0.407 e. The molecular formula is C33H36N5O6SSi. The van der Waals surface area contributed by atoms with Gasteiger partial charge in [-0.05, 0) is 33.5 Å². The molecule has 2 N–H and O–H groups in total. The minimum Gasteiger partial charge on any atom is -0.445 e. The van der Waals surface area contributed by atoms with Gasteiger partial charge in [0.15, 0.2) is 5.13 Å². The zero-order chi connectivity index (χ0) is 32.7. The van der Waals surface area contributed by atoms with Crippen molar-refractivity contribution in [3.05, 3.63) is 112 Å². The summed E-state index contributed by atoms with van der Waals surface area (Å²) in [5.41, 5.74) is 0.892. The highest BCUT2D eigenvalue weighted by atomic mass is 32.1. The molecule has 1 aliphatic heterocycles. The predicted molar refractivity (Wildman–Crippen MR) is 179 cm³/mol. The standard InChI is InChI=1S/C33H36N5O6SSi/c1-33(2,3)27-20-37(30(27)44-46(25-10-6-4-7-11-25)26-12-8-5-9-13-26)31-36-28(22-45-31)29(39)34-18-19-35-32(40)43-21-23-14-16-24(17-15-23)38(41)42/h4-17,22,27,30H,18-21H2,1-3H3,(H,34,39)(H,35,40). The van der Waals surface area contributed by atoms with Crippen molar-refractivity contribution in [1.82, 2.24) is 15.6 Å². The van der Waals surface area contributed by atoms with Crippen LogP contribution in [-0.4, -0.2) is 56.8 Å². The third-order valence-electron chi connectivity index (χ3n) is 7.64. The number of hydrogen-bond acceptors (Lipinski definition) is 9. The van der Waals surface area contributed by atoms with Gasteiger partial charge in [0.05, 0.1) is 4.92 Å². The highest BCUT2D eigenvalue weighted by Crippen LogP contribution is 2.43. The van der Waals surface area contributed by atoms with Gasteiger partial charge in [-0.15, -0.1) is 11.3 Å². The predicted octanol–water partition coefficient (Wildman–Crippen LogP) is 4.34. The van der Waals surface area contributed by atoms with E-state index in [1.165, 1.54) is 46.0 Å². The molecule has 11 nitrogen and oxygen atoms in total. The van der Waals surface area contributed by atoms with Gasteiger partial charge in [-0.3, -0.25) is 14.9 Å². The number of nitro groups is 1. The molecule has 1 fully saturated rings. The monoisotopic (exact) mass is 658 g/mol. The maximum absolute atomic E-state index is 12.9. The lowest BCUT2D eigenvalue weighted by atomic mass is 9.74. The molecule has 5 rings (SSSR count). The van der Waals surface area contributed by atoms with Crippen molar-refractivity contribution >= 4 is 53.6 Å². The number of anilines is 1. The molecule has 1 aliphatic rings. The van der Waals surface area contributed by atoms with Crippen LogP contribution in [0.1, 0.15) is 36.8 Å². The van der Waals surface area contributed by atoms with Crippen molar-refractivity contribution in [2.24, 2.45) is 11.3 Å². The summed E-state index contributed by atoms with van der Waals surface area (Å²) in [7, 11) is -1.56. The summed E-state index contributed by atoms with van der Waals surface area (Å²) in [6.07, 6.45) is -0.856. The summed E-state index contributed by atoms with van der Waals surface area (Å²) in [5.74, 6) is -0.0698. The number of amides is 2. The number of rotatable bonds is 12. The van der Waals surface area contributed by atoms with E-state index in [1.54, 1.807) is 5.38 Å². The Morgan fingerprint density at radius 1 is 0.978 bits per heavy atom. The quantitative estimate of drug-likeness (QED) is 0.0994. The zero-order valence-electron chi connectivity index (χ0n) is 25.8. The van der Waals surface area contributed by atoms with Gasteiger partial charge in [-0.2, -0.15) is 0 Å². The number of aromatic nitrogens is 1. The molecule has 46 heavy (non-hydrogen) atoms. The minimum atomic E-state index is -1.56. The lowest BCUT2D eigenvalue weighted by Crippen LogP contribution is -2.65. The number of thiazole rings is 1. The molecule has 0 bridgehead atoms. The van der Waals surface area contributed by atoms with Crippen molar-refractivity contribution in [3.63, 3.8) is 0 Å². The summed E-state index contributed by atoms with van der Waals surface area (Å²) in [6, 6.07) is 26.4. The van der Waals surface area contributed by atoms with E-state index in [9.17, 15) is 19.7 Å². The Morgan fingerprint density at radius 2 is 1.59 bits per heavy atom. The molecule has 239 valence electrons. The first-order valence-electron chi connectivity index (χ1n) is 14.9. The molecule has 1 radical (unpaired) electrons. The number of hydrogen-bond donors (Lipinski definition) is 2. The highest BCUT2D eigenvalue weighted by molar-refractivity contribution is 7.14. The van der Waals surface area contributed by atoms with Crippen LogP contribution in [0.2, 0.25) is 0 Å². The first-order valence-corrected chi connectivity index (χ1v) is 17.2. The van der Waals surface area contributed by atoms with Crippen LogP contribution in [0, 0.1) is 21.4 Å². The molecule has 2 unspecified atom stereocenters. The average molecular weight is 659 g/mol. The van der Waals surface area contributed by atoms with Crippen LogP contribution in [-0.2, 0) is 15.8 Å². The van der Waals surface area contributed by atoms with Crippen molar-refractivity contribution in [3.8, 4) is 0 Å². The zero-order valence-corrected chi connectivity index (χ0v) is 27.7. The number of nitro benzene ring substituents is 1. The lowest BCUT2D eigenvalue weighted by Gasteiger charge is -2.53. The van der Waals surface area contributed by atoms with Gasteiger partial charge >= 0.3 is 6.09 Å². The molecule has 0 saturated carbocycles. The first kappa shape index (κ1) is 32.8. The van der Waals surface area contributed by atoms with E-state index in [0.29, 0.717) is 11.3 Å².